The number of methoxy groups -OCH3 is 1. The highest BCUT2D eigenvalue weighted by atomic mass is 16.5. The Morgan fingerprint density at radius 1 is 1.22 bits per heavy atom. The quantitative estimate of drug-likeness (QED) is 0.831. The first kappa shape index (κ1) is 15.2. The van der Waals surface area contributed by atoms with Crippen molar-refractivity contribution in [2.45, 2.75) is 12.5 Å². The predicted octanol–water partition coefficient (Wildman–Crippen LogP) is 2.19. The molecule has 1 atom stereocenters. The molecule has 5 heteroatoms. The van der Waals surface area contributed by atoms with E-state index in [0.717, 1.165) is 17.1 Å². The Morgan fingerprint density at radius 3 is 2.87 bits per heavy atom. The van der Waals surface area contributed by atoms with Gasteiger partial charge in [0.1, 0.15) is 23.9 Å². The van der Waals surface area contributed by atoms with Crippen LogP contribution in [0.25, 0.3) is 0 Å². The minimum absolute atomic E-state index is 0.115. The average Bonchev–Trinajstić information content (AvgIpc) is 3.03. The molecule has 0 aromatic heterocycles. The number of para-hydroxylation sites is 1. The van der Waals surface area contributed by atoms with E-state index in [1.807, 2.05) is 42.5 Å². The molecular formula is C18H19NO4. The molecule has 2 aromatic carbocycles. The molecule has 0 aliphatic carbocycles. The van der Waals surface area contributed by atoms with Crippen LogP contribution in [0.2, 0.25) is 0 Å². The fraction of sp³-hybridized carbons (Fsp3) is 0.278. The van der Waals surface area contributed by atoms with Gasteiger partial charge >= 0.3 is 0 Å². The van der Waals surface area contributed by atoms with Gasteiger partial charge in [0.15, 0.2) is 6.10 Å². The van der Waals surface area contributed by atoms with Crippen LogP contribution in [0.1, 0.15) is 5.56 Å². The molecule has 0 saturated heterocycles. The standard InChI is InChI=1S/C18H19NO4/c1-21-14-6-4-7-15(12-14)22-10-9-19-18(20)17-11-13-5-2-3-8-16(13)23-17/h2-8,12,17H,9-11H2,1H3,(H,19,20). The molecule has 1 heterocycles. The first-order valence-electron chi connectivity index (χ1n) is 7.55. The number of rotatable bonds is 6. The van der Waals surface area contributed by atoms with Crippen molar-refractivity contribution in [1.29, 1.82) is 0 Å². The lowest BCUT2D eigenvalue weighted by atomic mass is 10.1. The molecule has 0 saturated carbocycles. The summed E-state index contributed by atoms with van der Waals surface area (Å²) >= 11 is 0. The van der Waals surface area contributed by atoms with Gasteiger partial charge in [0, 0.05) is 12.5 Å². The minimum atomic E-state index is -0.454. The van der Waals surface area contributed by atoms with Gasteiger partial charge in [0.25, 0.3) is 5.91 Å². The van der Waals surface area contributed by atoms with E-state index in [9.17, 15) is 4.79 Å². The molecule has 1 amide bonds. The first-order chi connectivity index (χ1) is 11.3. The number of nitrogens with one attached hydrogen (secondary N) is 1. The maximum Gasteiger partial charge on any atom is 0.261 e. The second kappa shape index (κ2) is 7.05. The maximum atomic E-state index is 12.1. The van der Waals surface area contributed by atoms with Crippen LogP contribution in [-0.4, -0.2) is 32.3 Å². The summed E-state index contributed by atoms with van der Waals surface area (Å²) in [6, 6.07) is 15.1. The monoisotopic (exact) mass is 313 g/mol. The Kier molecular flexibility index (Phi) is 4.66. The van der Waals surface area contributed by atoms with Crippen LogP contribution in [0.5, 0.6) is 17.2 Å². The van der Waals surface area contributed by atoms with E-state index in [1.165, 1.54) is 0 Å². The average molecular weight is 313 g/mol. The molecule has 5 nitrogen and oxygen atoms in total. The Labute approximate surface area is 135 Å². The van der Waals surface area contributed by atoms with Gasteiger partial charge in [-0.25, -0.2) is 0 Å². The highest BCUT2D eigenvalue weighted by Crippen LogP contribution is 2.28. The van der Waals surface area contributed by atoms with E-state index in [-0.39, 0.29) is 5.91 Å². The molecule has 2 aromatic rings. The molecule has 23 heavy (non-hydrogen) atoms. The molecule has 1 unspecified atom stereocenters. The SMILES string of the molecule is COc1cccc(OCCNC(=O)C2Cc3ccccc3O2)c1. The van der Waals surface area contributed by atoms with Crippen molar-refractivity contribution in [1.82, 2.24) is 5.32 Å². The lowest BCUT2D eigenvalue weighted by molar-refractivity contribution is -0.127. The number of hydrogen-bond donors (Lipinski definition) is 1. The van der Waals surface area contributed by atoms with E-state index >= 15 is 0 Å². The minimum Gasteiger partial charge on any atom is -0.497 e. The summed E-state index contributed by atoms with van der Waals surface area (Å²) in [5.41, 5.74) is 1.07. The van der Waals surface area contributed by atoms with Crippen molar-refractivity contribution in [2.24, 2.45) is 0 Å². The fourth-order valence-corrected chi connectivity index (χ4v) is 2.48. The summed E-state index contributed by atoms with van der Waals surface area (Å²) in [5.74, 6) is 2.13. The zero-order valence-corrected chi connectivity index (χ0v) is 13.0. The van der Waals surface area contributed by atoms with Gasteiger partial charge in [0.2, 0.25) is 0 Å². The second-order valence-corrected chi connectivity index (χ2v) is 5.24. The van der Waals surface area contributed by atoms with E-state index in [1.54, 1.807) is 13.2 Å². The van der Waals surface area contributed by atoms with Gasteiger partial charge in [-0.3, -0.25) is 4.79 Å². The van der Waals surface area contributed by atoms with Crippen LogP contribution in [0.15, 0.2) is 48.5 Å². The predicted molar refractivity (Wildman–Crippen MR) is 86.1 cm³/mol. The number of amides is 1. The molecule has 1 N–H and O–H groups in total. The Morgan fingerprint density at radius 2 is 2.04 bits per heavy atom. The Balaban J connectivity index is 1.42. The summed E-state index contributed by atoms with van der Waals surface area (Å²) in [5, 5.41) is 2.84. The number of benzene rings is 2. The lowest BCUT2D eigenvalue weighted by Gasteiger charge is -2.12. The summed E-state index contributed by atoms with van der Waals surface area (Å²) in [6.07, 6.45) is 0.155. The third-order valence-corrected chi connectivity index (χ3v) is 3.65. The van der Waals surface area contributed by atoms with E-state index < -0.39 is 6.10 Å². The van der Waals surface area contributed by atoms with Gasteiger partial charge in [-0.15, -0.1) is 0 Å². The molecule has 0 fully saturated rings. The van der Waals surface area contributed by atoms with Crippen molar-refractivity contribution < 1.29 is 19.0 Å². The van der Waals surface area contributed by atoms with Crippen LogP contribution in [0.3, 0.4) is 0 Å². The van der Waals surface area contributed by atoms with Crippen molar-refractivity contribution >= 4 is 5.91 Å². The molecule has 0 bridgehead atoms. The lowest BCUT2D eigenvalue weighted by Crippen LogP contribution is -2.39. The van der Waals surface area contributed by atoms with Crippen LogP contribution in [0, 0.1) is 0 Å². The van der Waals surface area contributed by atoms with Crippen molar-refractivity contribution in [3.8, 4) is 17.2 Å². The number of carbonyl (C=O) groups excluding carboxylic acids is 1. The Hall–Kier alpha value is -2.69. The van der Waals surface area contributed by atoms with Crippen LogP contribution in [-0.2, 0) is 11.2 Å². The second-order valence-electron chi connectivity index (χ2n) is 5.24. The van der Waals surface area contributed by atoms with Crippen molar-refractivity contribution in [2.75, 3.05) is 20.3 Å². The zero-order valence-electron chi connectivity index (χ0n) is 13.0. The third kappa shape index (κ3) is 3.74. The highest BCUT2D eigenvalue weighted by molar-refractivity contribution is 5.82. The van der Waals surface area contributed by atoms with Gasteiger partial charge < -0.3 is 19.5 Å². The number of ether oxygens (including phenoxy) is 3. The van der Waals surface area contributed by atoms with Crippen LogP contribution >= 0.6 is 0 Å². The molecule has 0 spiro atoms. The Bertz CT molecular complexity index is 661. The van der Waals surface area contributed by atoms with Gasteiger partial charge in [0.05, 0.1) is 13.7 Å². The van der Waals surface area contributed by atoms with Crippen LogP contribution in [0.4, 0.5) is 0 Å². The number of hydrogen-bond acceptors (Lipinski definition) is 4. The van der Waals surface area contributed by atoms with Crippen molar-refractivity contribution in [3.05, 3.63) is 54.1 Å². The molecule has 120 valence electrons. The topological polar surface area (TPSA) is 56.8 Å². The molecule has 0 radical (unpaired) electrons. The first-order valence-corrected chi connectivity index (χ1v) is 7.55. The third-order valence-electron chi connectivity index (χ3n) is 3.65. The molecule has 1 aliphatic rings. The van der Waals surface area contributed by atoms with Crippen LogP contribution < -0.4 is 19.5 Å². The number of fused-ring (bicyclic) bond motifs is 1. The molecule has 1 aliphatic heterocycles. The summed E-state index contributed by atoms with van der Waals surface area (Å²) in [6.45, 7) is 0.810. The van der Waals surface area contributed by atoms with E-state index in [2.05, 4.69) is 5.32 Å². The van der Waals surface area contributed by atoms with E-state index in [4.69, 9.17) is 14.2 Å². The number of carbonyl (C=O) groups is 1. The van der Waals surface area contributed by atoms with Gasteiger partial charge in [-0.05, 0) is 23.8 Å². The largest absolute Gasteiger partial charge is 0.497 e. The fourth-order valence-electron chi connectivity index (χ4n) is 2.48. The summed E-state index contributed by atoms with van der Waals surface area (Å²) < 4.78 is 16.4. The zero-order chi connectivity index (χ0) is 16.1. The normalized spacial score (nSPS) is 15.4. The van der Waals surface area contributed by atoms with Crippen molar-refractivity contribution in [3.63, 3.8) is 0 Å². The molecule has 3 rings (SSSR count). The maximum absolute atomic E-state index is 12.1. The smallest absolute Gasteiger partial charge is 0.261 e. The molecular weight excluding hydrogens is 294 g/mol. The summed E-state index contributed by atoms with van der Waals surface area (Å²) in [7, 11) is 1.61. The highest BCUT2D eigenvalue weighted by Gasteiger charge is 2.28. The van der Waals surface area contributed by atoms with Gasteiger partial charge in [-0.2, -0.15) is 0 Å². The van der Waals surface area contributed by atoms with Gasteiger partial charge in [-0.1, -0.05) is 24.3 Å². The summed E-state index contributed by atoms with van der Waals surface area (Å²) in [4.78, 5) is 12.1. The van der Waals surface area contributed by atoms with E-state index in [0.29, 0.717) is 25.3 Å².